The SMILES string of the molecule is CC(C)COCCCN1CCNC(C(C)C)C1. The van der Waals surface area contributed by atoms with E-state index in [9.17, 15) is 0 Å². The molecule has 0 spiro atoms. The molecule has 1 saturated heterocycles. The zero-order chi connectivity index (χ0) is 12.7. The van der Waals surface area contributed by atoms with Crippen LogP contribution in [0, 0.1) is 11.8 Å². The van der Waals surface area contributed by atoms with Gasteiger partial charge in [0.1, 0.15) is 0 Å². The monoisotopic (exact) mass is 242 g/mol. The van der Waals surface area contributed by atoms with Crippen molar-refractivity contribution < 1.29 is 4.74 Å². The van der Waals surface area contributed by atoms with Crippen LogP contribution in [0.5, 0.6) is 0 Å². The third-order valence-electron chi connectivity index (χ3n) is 3.31. The third kappa shape index (κ3) is 6.39. The Morgan fingerprint density at radius 1 is 1.29 bits per heavy atom. The molecule has 1 unspecified atom stereocenters. The van der Waals surface area contributed by atoms with Crippen molar-refractivity contribution in [1.29, 1.82) is 0 Å². The van der Waals surface area contributed by atoms with Crippen molar-refractivity contribution >= 4 is 0 Å². The molecule has 3 nitrogen and oxygen atoms in total. The molecule has 1 rings (SSSR count). The molecule has 0 saturated carbocycles. The Bertz CT molecular complexity index is 195. The highest BCUT2D eigenvalue weighted by molar-refractivity contribution is 4.80. The average molecular weight is 242 g/mol. The molecule has 0 aliphatic carbocycles. The number of hydrogen-bond donors (Lipinski definition) is 1. The minimum Gasteiger partial charge on any atom is -0.381 e. The summed E-state index contributed by atoms with van der Waals surface area (Å²) in [4.78, 5) is 2.57. The molecule has 1 N–H and O–H groups in total. The molecule has 3 heteroatoms. The molecular weight excluding hydrogens is 212 g/mol. The maximum Gasteiger partial charge on any atom is 0.0489 e. The van der Waals surface area contributed by atoms with E-state index in [2.05, 4.69) is 37.9 Å². The number of nitrogens with zero attached hydrogens (tertiary/aromatic N) is 1. The fourth-order valence-electron chi connectivity index (χ4n) is 2.20. The van der Waals surface area contributed by atoms with Crippen LogP contribution in [0.4, 0.5) is 0 Å². The quantitative estimate of drug-likeness (QED) is 0.691. The smallest absolute Gasteiger partial charge is 0.0489 e. The van der Waals surface area contributed by atoms with Gasteiger partial charge in [0, 0.05) is 45.4 Å². The van der Waals surface area contributed by atoms with Gasteiger partial charge < -0.3 is 15.0 Å². The van der Waals surface area contributed by atoms with Gasteiger partial charge in [-0.05, 0) is 18.3 Å². The number of piperazine rings is 1. The van der Waals surface area contributed by atoms with Crippen LogP contribution in [0.3, 0.4) is 0 Å². The number of nitrogens with one attached hydrogen (secondary N) is 1. The molecular formula is C14H30N2O. The van der Waals surface area contributed by atoms with E-state index in [1.807, 2.05) is 0 Å². The highest BCUT2D eigenvalue weighted by Gasteiger charge is 2.20. The standard InChI is InChI=1S/C14H30N2O/c1-12(2)11-17-9-5-7-16-8-6-15-14(10-16)13(3)4/h12-15H,5-11H2,1-4H3. The topological polar surface area (TPSA) is 24.5 Å². The van der Waals surface area contributed by atoms with Gasteiger partial charge in [-0.2, -0.15) is 0 Å². The summed E-state index contributed by atoms with van der Waals surface area (Å²) >= 11 is 0. The van der Waals surface area contributed by atoms with E-state index >= 15 is 0 Å². The van der Waals surface area contributed by atoms with Crippen LogP contribution in [-0.2, 0) is 4.74 Å². The van der Waals surface area contributed by atoms with Crippen molar-refractivity contribution in [1.82, 2.24) is 10.2 Å². The van der Waals surface area contributed by atoms with Gasteiger partial charge in [0.25, 0.3) is 0 Å². The fourth-order valence-corrected chi connectivity index (χ4v) is 2.20. The van der Waals surface area contributed by atoms with Crippen molar-refractivity contribution in [2.75, 3.05) is 39.4 Å². The van der Waals surface area contributed by atoms with Gasteiger partial charge in [0.05, 0.1) is 0 Å². The lowest BCUT2D eigenvalue weighted by Crippen LogP contribution is -2.53. The van der Waals surface area contributed by atoms with Crippen LogP contribution in [0.15, 0.2) is 0 Å². The summed E-state index contributed by atoms with van der Waals surface area (Å²) in [6.45, 7) is 15.5. The van der Waals surface area contributed by atoms with Crippen molar-refractivity contribution in [3.63, 3.8) is 0 Å². The molecule has 1 atom stereocenters. The highest BCUT2D eigenvalue weighted by atomic mass is 16.5. The molecule has 0 bridgehead atoms. The minimum absolute atomic E-state index is 0.652. The van der Waals surface area contributed by atoms with E-state index in [0.29, 0.717) is 12.0 Å². The van der Waals surface area contributed by atoms with Gasteiger partial charge >= 0.3 is 0 Å². The predicted molar refractivity (Wildman–Crippen MR) is 73.3 cm³/mol. The van der Waals surface area contributed by atoms with Gasteiger partial charge in [-0.15, -0.1) is 0 Å². The summed E-state index contributed by atoms with van der Waals surface area (Å²) in [5, 5.41) is 3.59. The number of rotatable bonds is 7. The van der Waals surface area contributed by atoms with Gasteiger partial charge in [0.2, 0.25) is 0 Å². The van der Waals surface area contributed by atoms with Crippen LogP contribution in [0.25, 0.3) is 0 Å². The first kappa shape index (κ1) is 14.9. The molecule has 1 aliphatic rings. The molecule has 1 heterocycles. The normalized spacial score (nSPS) is 22.6. The van der Waals surface area contributed by atoms with Crippen LogP contribution in [0.2, 0.25) is 0 Å². The summed E-state index contributed by atoms with van der Waals surface area (Å²) in [6.07, 6.45) is 1.16. The second-order valence-electron chi connectivity index (χ2n) is 5.93. The van der Waals surface area contributed by atoms with E-state index in [1.54, 1.807) is 0 Å². The Morgan fingerprint density at radius 2 is 2.06 bits per heavy atom. The van der Waals surface area contributed by atoms with E-state index in [0.717, 1.165) is 32.1 Å². The lowest BCUT2D eigenvalue weighted by Gasteiger charge is -2.35. The molecule has 17 heavy (non-hydrogen) atoms. The van der Waals surface area contributed by atoms with Crippen molar-refractivity contribution in [3.8, 4) is 0 Å². The van der Waals surface area contributed by atoms with Gasteiger partial charge in [-0.1, -0.05) is 27.7 Å². The molecule has 1 aliphatic heterocycles. The van der Waals surface area contributed by atoms with E-state index in [-0.39, 0.29) is 0 Å². The number of ether oxygens (including phenoxy) is 1. The second-order valence-corrected chi connectivity index (χ2v) is 5.93. The van der Waals surface area contributed by atoms with E-state index in [4.69, 9.17) is 4.74 Å². The lowest BCUT2D eigenvalue weighted by atomic mass is 10.0. The molecule has 0 amide bonds. The molecule has 102 valence electrons. The Morgan fingerprint density at radius 3 is 2.71 bits per heavy atom. The second kappa shape index (κ2) is 8.06. The van der Waals surface area contributed by atoms with Crippen LogP contribution >= 0.6 is 0 Å². The molecule has 0 aromatic carbocycles. The first-order valence-corrected chi connectivity index (χ1v) is 7.13. The summed E-state index contributed by atoms with van der Waals surface area (Å²) in [7, 11) is 0. The molecule has 0 aromatic heterocycles. The first-order chi connectivity index (χ1) is 8.09. The number of hydrogen-bond acceptors (Lipinski definition) is 3. The van der Waals surface area contributed by atoms with Crippen LogP contribution in [0.1, 0.15) is 34.1 Å². The summed E-state index contributed by atoms with van der Waals surface area (Å²) in [6, 6.07) is 0.667. The fraction of sp³-hybridized carbons (Fsp3) is 1.00. The van der Waals surface area contributed by atoms with Crippen molar-refractivity contribution in [3.05, 3.63) is 0 Å². The van der Waals surface area contributed by atoms with E-state index < -0.39 is 0 Å². The molecule has 0 radical (unpaired) electrons. The highest BCUT2D eigenvalue weighted by Crippen LogP contribution is 2.08. The Labute approximate surface area is 107 Å². The van der Waals surface area contributed by atoms with Crippen molar-refractivity contribution in [2.24, 2.45) is 11.8 Å². The average Bonchev–Trinajstić information content (AvgIpc) is 2.28. The van der Waals surface area contributed by atoms with Gasteiger partial charge in [-0.25, -0.2) is 0 Å². The van der Waals surface area contributed by atoms with Crippen molar-refractivity contribution in [2.45, 2.75) is 40.2 Å². The zero-order valence-corrected chi connectivity index (χ0v) is 12.0. The minimum atomic E-state index is 0.652. The maximum atomic E-state index is 5.62. The molecule has 0 aromatic rings. The summed E-state index contributed by atoms with van der Waals surface area (Å²) < 4.78 is 5.62. The largest absolute Gasteiger partial charge is 0.381 e. The summed E-state index contributed by atoms with van der Waals surface area (Å²) in [5.41, 5.74) is 0. The Kier molecular flexibility index (Phi) is 7.09. The predicted octanol–water partition coefficient (Wildman–Crippen LogP) is 1.98. The van der Waals surface area contributed by atoms with Crippen LogP contribution in [-0.4, -0.2) is 50.3 Å². The molecule has 1 fully saturated rings. The Hall–Kier alpha value is -0.120. The Balaban J connectivity index is 2.06. The lowest BCUT2D eigenvalue weighted by molar-refractivity contribution is 0.0929. The van der Waals surface area contributed by atoms with Crippen LogP contribution < -0.4 is 5.32 Å². The zero-order valence-electron chi connectivity index (χ0n) is 12.0. The van der Waals surface area contributed by atoms with Gasteiger partial charge in [0.15, 0.2) is 0 Å². The maximum absolute atomic E-state index is 5.62. The van der Waals surface area contributed by atoms with E-state index in [1.165, 1.54) is 19.6 Å². The third-order valence-corrected chi connectivity index (χ3v) is 3.31. The van der Waals surface area contributed by atoms with Gasteiger partial charge in [-0.3, -0.25) is 0 Å². The first-order valence-electron chi connectivity index (χ1n) is 7.13. The summed E-state index contributed by atoms with van der Waals surface area (Å²) in [5.74, 6) is 1.38.